The van der Waals surface area contributed by atoms with Crippen molar-refractivity contribution in [1.82, 2.24) is 10.6 Å². The Bertz CT molecular complexity index is 1200. The highest BCUT2D eigenvalue weighted by Gasteiger charge is 2.19. The van der Waals surface area contributed by atoms with Gasteiger partial charge in [0.1, 0.15) is 5.70 Å². The maximum atomic E-state index is 13.1. The van der Waals surface area contributed by atoms with Crippen LogP contribution in [0.4, 0.5) is 0 Å². The number of carbonyl (C=O) groups excluding carboxylic acids is 2. The largest absolute Gasteiger partial charge is 0.344 e. The average molecular weight is 469 g/mol. The molecule has 3 rings (SSSR count). The second-order valence-electron chi connectivity index (χ2n) is 7.17. The van der Waals surface area contributed by atoms with Crippen molar-refractivity contribution in [3.63, 3.8) is 0 Å². The fraction of sp³-hybridized carbons (Fsp3) is 0.167. The Balaban J connectivity index is 1.83. The molecule has 2 amide bonds. The number of amides is 2. The van der Waals surface area contributed by atoms with Crippen molar-refractivity contribution in [3.8, 4) is 0 Å². The zero-order chi connectivity index (χ0) is 23.1. The molecule has 32 heavy (non-hydrogen) atoms. The van der Waals surface area contributed by atoms with Crippen LogP contribution in [0.2, 0.25) is 0 Å². The summed E-state index contributed by atoms with van der Waals surface area (Å²) in [6.07, 6.45) is 3.38. The second kappa shape index (κ2) is 10.4. The lowest BCUT2D eigenvalue weighted by atomic mass is 10.0. The number of rotatable bonds is 8. The molecular formula is C24H24N2O4S2. The number of carbonyl (C=O) groups is 2. The lowest BCUT2D eigenvalue weighted by Gasteiger charge is -2.19. The first-order valence-corrected chi connectivity index (χ1v) is 12.8. The van der Waals surface area contributed by atoms with Crippen LogP contribution in [-0.2, 0) is 14.6 Å². The first kappa shape index (κ1) is 23.4. The monoisotopic (exact) mass is 468 g/mol. The van der Waals surface area contributed by atoms with Crippen molar-refractivity contribution >= 4 is 39.1 Å². The molecule has 2 aromatic carbocycles. The quantitative estimate of drug-likeness (QED) is 0.485. The molecule has 0 saturated carbocycles. The Hall–Kier alpha value is -3.23. The number of nitrogens with one attached hydrogen (secondary N) is 2. The Kier molecular flexibility index (Phi) is 7.61. The molecule has 6 nitrogen and oxygen atoms in total. The minimum atomic E-state index is -3.30. The Morgan fingerprint density at radius 2 is 1.69 bits per heavy atom. The maximum Gasteiger partial charge on any atom is 0.268 e. The van der Waals surface area contributed by atoms with Crippen LogP contribution in [0.5, 0.6) is 0 Å². The van der Waals surface area contributed by atoms with Gasteiger partial charge in [0.15, 0.2) is 9.84 Å². The smallest absolute Gasteiger partial charge is 0.268 e. The van der Waals surface area contributed by atoms with Crippen molar-refractivity contribution < 1.29 is 18.0 Å². The van der Waals surface area contributed by atoms with E-state index in [2.05, 4.69) is 10.6 Å². The molecule has 2 N–H and O–H groups in total. The summed E-state index contributed by atoms with van der Waals surface area (Å²) in [5, 5.41) is 7.55. The highest BCUT2D eigenvalue weighted by Crippen LogP contribution is 2.20. The Morgan fingerprint density at radius 1 is 1.00 bits per heavy atom. The molecule has 0 unspecified atom stereocenters. The molecule has 0 fully saturated rings. The first-order chi connectivity index (χ1) is 15.3. The lowest BCUT2D eigenvalue weighted by Crippen LogP contribution is -2.36. The molecule has 166 valence electrons. The molecule has 1 aromatic heterocycles. The van der Waals surface area contributed by atoms with Gasteiger partial charge in [-0.25, -0.2) is 8.42 Å². The standard InChI is InChI=1S/C24H24N2O4S2/c1-3-21(17-11-13-20(14-12-17)32(2,29)30)25-24(28)22(16-19-10-7-15-31-19)26-23(27)18-8-5-4-6-9-18/h4-16,21H,3H2,1-2H3,(H,25,28)(H,26,27)/b22-16-/t21-/m0/s1. The van der Waals surface area contributed by atoms with Gasteiger partial charge in [-0.1, -0.05) is 43.3 Å². The minimum absolute atomic E-state index is 0.132. The minimum Gasteiger partial charge on any atom is -0.344 e. The average Bonchev–Trinajstić information content (AvgIpc) is 3.30. The van der Waals surface area contributed by atoms with Crippen LogP contribution in [0.15, 0.2) is 82.7 Å². The van der Waals surface area contributed by atoms with E-state index in [1.165, 1.54) is 23.5 Å². The maximum absolute atomic E-state index is 13.1. The van der Waals surface area contributed by atoms with E-state index in [-0.39, 0.29) is 22.5 Å². The van der Waals surface area contributed by atoms with Gasteiger partial charge in [-0.2, -0.15) is 0 Å². The number of hydrogen-bond donors (Lipinski definition) is 2. The molecule has 0 spiro atoms. The molecule has 1 atom stereocenters. The molecular weight excluding hydrogens is 444 g/mol. The Labute approximate surface area is 191 Å². The van der Waals surface area contributed by atoms with Crippen molar-refractivity contribution in [2.45, 2.75) is 24.3 Å². The highest BCUT2D eigenvalue weighted by atomic mass is 32.2. The number of hydrogen-bond acceptors (Lipinski definition) is 5. The zero-order valence-corrected chi connectivity index (χ0v) is 19.4. The van der Waals surface area contributed by atoms with Gasteiger partial charge < -0.3 is 10.6 Å². The van der Waals surface area contributed by atoms with Gasteiger partial charge >= 0.3 is 0 Å². The predicted octanol–water partition coefficient (Wildman–Crippen LogP) is 4.19. The van der Waals surface area contributed by atoms with Crippen molar-refractivity contribution in [2.24, 2.45) is 0 Å². The van der Waals surface area contributed by atoms with Gasteiger partial charge in [0.2, 0.25) is 0 Å². The lowest BCUT2D eigenvalue weighted by molar-refractivity contribution is -0.118. The fourth-order valence-corrected chi connectivity index (χ4v) is 4.35. The van der Waals surface area contributed by atoms with E-state index in [1.54, 1.807) is 42.5 Å². The van der Waals surface area contributed by atoms with E-state index in [4.69, 9.17) is 0 Å². The van der Waals surface area contributed by atoms with Crippen LogP contribution in [-0.4, -0.2) is 26.5 Å². The third kappa shape index (κ3) is 6.15. The molecule has 3 aromatic rings. The highest BCUT2D eigenvalue weighted by molar-refractivity contribution is 7.90. The van der Waals surface area contributed by atoms with Gasteiger partial charge in [0, 0.05) is 16.7 Å². The number of sulfone groups is 1. The van der Waals surface area contributed by atoms with Crippen LogP contribution < -0.4 is 10.6 Å². The normalized spacial score (nSPS) is 12.8. The topological polar surface area (TPSA) is 92.3 Å². The number of thiophene rings is 1. The van der Waals surface area contributed by atoms with Crippen LogP contribution >= 0.6 is 11.3 Å². The molecule has 0 bridgehead atoms. The molecule has 0 aliphatic heterocycles. The van der Waals surface area contributed by atoms with E-state index >= 15 is 0 Å². The van der Waals surface area contributed by atoms with Crippen LogP contribution in [0.1, 0.15) is 40.2 Å². The summed E-state index contributed by atoms with van der Waals surface area (Å²) >= 11 is 1.45. The zero-order valence-electron chi connectivity index (χ0n) is 17.7. The summed E-state index contributed by atoms with van der Waals surface area (Å²) in [6.45, 7) is 1.92. The van der Waals surface area contributed by atoms with Crippen molar-refractivity contribution in [2.75, 3.05) is 6.26 Å². The third-order valence-corrected chi connectivity index (χ3v) is 6.73. The van der Waals surface area contributed by atoms with Crippen molar-refractivity contribution in [1.29, 1.82) is 0 Å². The van der Waals surface area contributed by atoms with Gasteiger partial charge in [-0.15, -0.1) is 11.3 Å². The van der Waals surface area contributed by atoms with Gasteiger partial charge in [0.05, 0.1) is 10.9 Å². The molecule has 1 heterocycles. The van der Waals surface area contributed by atoms with E-state index in [0.29, 0.717) is 12.0 Å². The summed E-state index contributed by atoms with van der Waals surface area (Å²) in [6, 6.07) is 18.5. The SMILES string of the molecule is CC[C@H](NC(=O)/C(=C/c1cccs1)NC(=O)c1ccccc1)c1ccc(S(C)(=O)=O)cc1. The van der Waals surface area contributed by atoms with Crippen LogP contribution in [0.3, 0.4) is 0 Å². The molecule has 8 heteroatoms. The fourth-order valence-electron chi connectivity index (χ4n) is 3.06. The summed E-state index contributed by atoms with van der Waals surface area (Å²) < 4.78 is 23.4. The van der Waals surface area contributed by atoms with Crippen LogP contribution in [0, 0.1) is 0 Å². The van der Waals surface area contributed by atoms with E-state index < -0.39 is 15.7 Å². The first-order valence-electron chi connectivity index (χ1n) is 10.0. The predicted molar refractivity (Wildman–Crippen MR) is 127 cm³/mol. The molecule has 0 saturated heterocycles. The molecule has 0 aliphatic carbocycles. The van der Waals surface area contributed by atoms with Crippen LogP contribution in [0.25, 0.3) is 6.08 Å². The van der Waals surface area contributed by atoms with Gasteiger partial charge in [0.25, 0.3) is 11.8 Å². The van der Waals surface area contributed by atoms with E-state index in [1.807, 2.05) is 30.5 Å². The summed E-state index contributed by atoms with van der Waals surface area (Å²) in [7, 11) is -3.30. The summed E-state index contributed by atoms with van der Waals surface area (Å²) in [4.78, 5) is 26.8. The second-order valence-corrected chi connectivity index (χ2v) is 10.2. The van der Waals surface area contributed by atoms with Crippen molar-refractivity contribution in [3.05, 3.63) is 93.8 Å². The van der Waals surface area contributed by atoms with E-state index in [0.717, 1.165) is 16.7 Å². The summed E-state index contributed by atoms with van der Waals surface area (Å²) in [5.74, 6) is -0.809. The van der Waals surface area contributed by atoms with Gasteiger partial charge in [-0.05, 0) is 53.8 Å². The summed E-state index contributed by atoms with van der Waals surface area (Å²) in [5.41, 5.74) is 1.35. The molecule has 0 aliphatic rings. The molecule has 0 radical (unpaired) electrons. The van der Waals surface area contributed by atoms with E-state index in [9.17, 15) is 18.0 Å². The third-order valence-electron chi connectivity index (χ3n) is 4.78. The Morgan fingerprint density at radius 3 is 2.25 bits per heavy atom. The van der Waals surface area contributed by atoms with Gasteiger partial charge in [-0.3, -0.25) is 9.59 Å². The number of benzene rings is 2.